The van der Waals surface area contributed by atoms with Crippen molar-refractivity contribution in [2.45, 2.75) is 23.0 Å². The third kappa shape index (κ3) is 3.85. The van der Waals surface area contributed by atoms with E-state index < -0.39 is 5.97 Å². The minimum Gasteiger partial charge on any atom is -0.494 e. The summed E-state index contributed by atoms with van der Waals surface area (Å²) in [6.07, 6.45) is 2.05. The largest absolute Gasteiger partial charge is 0.494 e. The molecule has 3 rings (SSSR count). The molecule has 0 bridgehead atoms. The van der Waals surface area contributed by atoms with Crippen LogP contribution in [0.2, 0.25) is 0 Å². The molecule has 1 aliphatic rings. The van der Waals surface area contributed by atoms with Gasteiger partial charge in [-0.05, 0) is 12.8 Å². The summed E-state index contributed by atoms with van der Waals surface area (Å²) in [4.78, 5) is 16.4. The van der Waals surface area contributed by atoms with Crippen LogP contribution in [0.3, 0.4) is 0 Å². The highest BCUT2D eigenvalue weighted by Gasteiger charge is 2.21. The molecule has 0 aliphatic carbocycles. The molecule has 1 fully saturated rings. The number of nitrogens with zero attached hydrogens (tertiary/aromatic N) is 1. The minimum atomic E-state index is -0.397. The Kier molecular flexibility index (Phi) is 5.99. The summed E-state index contributed by atoms with van der Waals surface area (Å²) in [5.41, 5.74) is 1.57. The van der Waals surface area contributed by atoms with Gasteiger partial charge in [0.05, 0.1) is 19.9 Å². The molecule has 6 nitrogen and oxygen atoms in total. The molecule has 0 spiro atoms. The van der Waals surface area contributed by atoms with Crippen LogP contribution < -0.4 is 9.46 Å². The number of methoxy groups -OCH3 is 2. The van der Waals surface area contributed by atoms with Crippen LogP contribution in [0.1, 0.15) is 34.8 Å². The standard InChI is InChI=1S/C15H18N2O4S3/c1-19-12-10(13(18)20-2)7-22-14(12)24-17-15-16-11(8-23-15)9-3-5-21-6-4-9/h7-9H,3-6H2,1-2H3,(H,16,17). The summed E-state index contributed by atoms with van der Waals surface area (Å²) in [5.74, 6) is 0.620. The van der Waals surface area contributed by atoms with E-state index in [1.165, 1.54) is 30.4 Å². The maximum absolute atomic E-state index is 11.7. The van der Waals surface area contributed by atoms with Crippen LogP contribution in [0.25, 0.3) is 0 Å². The lowest BCUT2D eigenvalue weighted by atomic mass is 9.98. The second-order valence-electron chi connectivity index (χ2n) is 5.13. The Morgan fingerprint density at radius 3 is 2.83 bits per heavy atom. The summed E-state index contributed by atoms with van der Waals surface area (Å²) < 4.78 is 19.6. The van der Waals surface area contributed by atoms with Gasteiger partial charge < -0.3 is 18.9 Å². The van der Waals surface area contributed by atoms with E-state index in [2.05, 4.69) is 15.1 Å². The van der Waals surface area contributed by atoms with Crippen LogP contribution in [0.4, 0.5) is 5.13 Å². The quantitative estimate of drug-likeness (QED) is 0.594. The van der Waals surface area contributed by atoms with Gasteiger partial charge in [0.25, 0.3) is 0 Å². The topological polar surface area (TPSA) is 69.7 Å². The molecule has 0 radical (unpaired) electrons. The van der Waals surface area contributed by atoms with Crippen LogP contribution in [0.15, 0.2) is 15.0 Å². The van der Waals surface area contributed by atoms with Crippen molar-refractivity contribution in [1.29, 1.82) is 0 Å². The third-order valence-electron chi connectivity index (χ3n) is 3.72. The van der Waals surface area contributed by atoms with Crippen LogP contribution in [-0.4, -0.2) is 38.4 Å². The summed E-state index contributed by atoms with van der Waals surface area (Å²) >= 11 is 4.41. The molecule has 1 N–H and O–H groups in total. The number of hydrogen-bond donors (Lipinski definition) is 1. The lowest BCUT2D eigenvalue weighted by Crippen LogP contribution is -2.14. The predicted octanol–water partition coefficient (Wildman–Crippen LogP) is 4.01. The van der Waals surface area contributed by atoms with Gasteiger partial charge in [0.1, 0.15) is 9.77 Å². The van der Waals surface area contributed by atoms with Crippen LogP contribution >= 0.6 is 34.6 Å². The second kappa shape index (κ2) is 8.19. The van der Waals surface area contributed by atoms with Gasteiger partial charge in [-0.1, -0.05) is 0 Å². The molecular weight excluding hydrogens is 368 g/mol. The van der Waals surface area contributed by atoms with Gasteiger partial charge in [-0.25, -0.2) is 9.78 Å². The van der Waals surface area contributed by atoms with Crippen molar-refractivity contribution >= 4 is 45.7 Å². The molecule has 0 atom stereocenters. The Bertz CT molecular complexity index is 695. The fourth-order valence-electron chi connectivity index (χ4n) is 2.45. The van der Waals surface area contributed by atoms with Gasteiger partial charge in [-0.15, -0.1) is 22.7 Å². The fourth-order valence-corrected chi connectivity index (χ4v) is 5.10. The number of rotatable bonds is 6. The molecular formula is C15H18N2O4S3. The zero-order chi connectivity index (χ0) is 16.9. The Morgan fingerprint density at radius 2 is 2.12 bits per heavy atom. The van der Waals surface area contributed by atoms with Gasteiger partial charge in [-0.2, -0.15) is 0 Å². The monoisotopic (exact) mass is 386 g/mol. The van der Waals surface area contributed by atoms with Crippen LogP contribution in [0.5, 0.6) is 5.75 Å². The normalized spacial score (nSPS) is 15.2. The number of hydrogen-bond acceptors (Lipinski definition) is 9. The molecule has 2 aromatic rings. The highest BCUT2D eigenvalue weighted by atomic mass is 32.2. The first-order valence-electron chi connectivity index (χ1n) is 7.42. The van der Waals surface area contributed by atoms with Crippen molar-refractivity contribution in [3.8, 4) is 5.75 Å². The lowest BCUT2D eigenvalue weighted by molar-refractivity contribution is 0.0597. The zero-order valence-corrected chi connectivity index (χ0v) is 15.8. The summed E-state index contributed by atoms with van der Waals surface area (Å²) in [6, 6.07) is 0. The molecule has 24 heavy (non-hydrogen) atoms. The zero-order valence-electron chi connectivity index (χ0n) is 13.4. The average Bonchev–Trinajstić information content (AvgIpc) is 3.26. The number of carbonyl (C=O) groups excluding carboxylic acids is 1. The smallest absolute Gasteiger partial charge is 0.342 e. The molecule has 0 unspecified atom stereocenters. The van der Waals surface area contributed by atoms with E-state index in [-0.39, 0.29) is 0 Å². The Morgan fingerprint density at radius 1 is 1.33 bits per heavy atom. The number of thiophene rings is 1. The van der Waals surface area contributed by atoms with Gasteiger partial charge in [-0.3, -0.25) is 0 Å². The van der Waals surface area contributed by atoms with Gasteiger partial charge in [0.15, 0.2) is 10.9 Å². The molecule has 2 aromatic heterocycles. The molecule has 130 valence electrons. The Hall–Kier alpha value is -1.29. The van der Waals surface area contributed by atoms with Gasteiger partial charge in [0.2, 0.25) is 0 Å². The first kappa shape index (κ1) is 17.5. The molecule has 1 saturated heterocycles. The number of thiazole rings is 1. The Balaban J connectivity index is 1.65. The van der Waals surface area contributed by atoms with Crippen molar-refractivity contribution < 1.29 is 19.0 Å². The van der Waals surface area contributed by atoms with Crippen LogP contribution in [0, 0.1) is 0 Å². The minimum absolute atomic E-state index is 0.397. The molecule has 0 amide bonds. The highest BCUT2D eigenvalue weighted by molar-refractivity contribution is 8.02. The number of aromatic nitrogens is 1. The number of esters is 1. The van der Waals surface area contributed by atoms with Crippen molar-refractivity contribution in [3.05, 3.63) is 22.0 Å². The first-order chi connectivity index (χ1) is 11.7. The van der Waals surface area contributed by atoms with Crippen molar-refractivity contribution in [2.24, 2.45) is 0 Å². The van der Waals surface area contributed by atoms with Crippen molar-refractivity contribution in [3.63, 3.8) is 0 Å². The number of carbonyl (C=O) groups is 1. The highest BCUT2D eigenvalue weighted by Crippen LogP contribution is 2.40. The van der Waals surface area contributed by atoms with E-state index in [1.54, 1.807) is 23.8 Å². The van der Waals surface area contributed by atoms with E-state index in [0.717, 1.165) is 41.1 Å². The van der Waals surface area contributed by atoms with E-state index in [9.17, 15) is 4.79 Å². The molecule has 0 aromatic carbocycles. The van der Waals surface area contributed by atoms with E-state index >= 15 is 0 Å². The summed E-state index contributed by atoms with van der Waals surface area (Å²) in [7, 11) is 2.91. The van der Waals surface area contributed by atoms with Gasteiger partial charge >= 0.3 is 5.97 Å². The van der Waals surface area contributed by atoms with E-state index in [4.69, 9.17) is 14.2 Å². The lowest BCUT2D eigenvalue weighted by Gasteiger charge is -2.19. The SMILES string of the molecule is COC(=O)c1csc(SNc2nc(C3CCOCC3)cs2)c1OC. The average molecular weight is 387 g/mol. The maximum Gasteiger partial charge on any atom is 0.342 e. The molecule has 1 aliphatic heterocycles. The first-order valence-corrected chi connectivity index (χ1v) is 10.00. The number of anilines is 1. The van der Waals surface area contributed by atoms with Crippen molar-refractivity contribution in [1.82, 2.24) is 4.98 Å². The summed E-state index contributed by atoms with van der Waals surface area (Å²) in [5, 5.41) is 4.69. The predicted molar refractivity (Wildman–Crippen MR) is 96.6 cm³/mol. The van der Waals surface area contributed by atoms with E-state index in [0.29, 0.717) is 17.2 Å². The molecule has 9 heteroatoms. The van der Waals surface area contributed by atoms with Crippen molar-refractivity contribution in [2.75, 3.05) is 32.2 Å². The number of ether oxygens (including phenoxy) is 3. The van der Waals surface area contributed by atoms with Gasteiger partial charge in [0, 0.05) is 41.8 Å². The second-order valence-corrected chi connectivity index (χ2v) is 7.94. The summed E-state index contributed by atoms with van der Waals surface area (Å²) in [6.45, 7) is 1.62. The van der Waals surface area contributed by atoms with E-state index in [1.807, 2.05) is 0 Å². The molecule has 0 saturated carbocycles. The molecule has 3 heterocycles. The Labute approximate surface area is 152 Å². The fraction of sp³-hybridized carbons (Fsp3) is 0.467. The van der Waals surface area contributed by atoms with Crippen LogP contribution in [-0.2, 0) is 9.47 Å². The maximum atomic E-state index is 11.7. The number of nitrogens with one attached hydrogen (secondary N) is 1. The third-order valence-corrected chi connectivity index (χ3v) is 6.58.